The van der Waals surface area contributed by atoms with E-state index in [0.717, 1.165) is 35.5 Å². The molecule has 0 unspecified atom stereocenters. The summed E-state index contributed by atoms with van der Waals surface area (Å²) in [5.41, 5.74) is 2.19. The number of nitrogens with zero attached hydrogens (tertiary/aromatic N) is 3. The molecule has 1 fully saturated rings. The zero-order valence-corrected chi connectivity index (χ0v) is 19.7. The Hall–Kier alpha value is -2.05. The number of hydrogen-bond acceptors (Lipinski definition) is 5. The number of carbonyl (C=O) groups excluding carboxylic acids is 1. The Kier molecular flexibility index (Phi) is 6.05. The van der Waals surface area contributed by atoms with E-state index in [9.17, 15) is 9.90 Å². The standard InChI is InChI=1S/C25H33N3O2S/c1-6-12-28(5)24(30)15(2)18-9-10-25(4)13-19-21(16(3)20(25)22(18)29)27-23(31-19)17-8-7-11-26-14-17/h6-8,11,14-16,18,20,22,29H,1,9-10,12-13H2,2-5H3/t15-,16+,18-,20+,22-,25+/m0/s1. The van der Waals surface area contributed by atoms with Crippen molar-refractivity contribution in [1.82, 2.24) is 14.9 Å². The zero-order chi connectivity index (χ0) is 22.3. The maximum absolute atomic E-state index is 12.9. The van der Waals surface area contributed by atoms with Gasteiger partial charge in [0.15, 0.2) is 0 Å². The molecule has 6 heteroatoms. The first kappa shape index (κ1) is 22.2. The Bertz CT molecular complexity index is 959. The van der Waals surface area contributed by atoms with E-state index in [4.69, 9.17) is 4.98 Å². The molecule has 2 aliphatic carbocycles. The van der Waals surface area contributed by atoms with Crippen LogP contribution in [0.1, 0.15) is 50.1 Å². The molecule has 2 aromatic rings. The van der Waals surface area contributed by atoms with Crippen LogP contribution < -0.4 is 0 Å². The molecule has 6 atom stereocenters. The number of thiazole rings is 1. The molecule has 1 amide bonds. The second-order valence-electron chi connectivity index (χ2n) is 9.70. The van der Waals surface area contributed by atoms with Crippen LogP contribution in [-0.2, 0) is 11.2 Å². The molecule has 0 spiro atoms. The Balaban J connectivity index is 1.61. The van der Waals surface area contributed by atoms with Crippen LogP contribution in [-0.4, -0.2) is 45.6 Å². The quantitative estimate of drug-likeness (QED) is 0.695. The summed E-state index contributed by atoms with van der Waals surface area (Å²) >= 11 is 1.77. The summed E-state index contributed by atoms with van der Waals surface area (Å²) in [6.07, 6.45) is 7.71. The van der Waals surface area contributed by atoms with Gasteiger partial charge in [0.25, 0.3) is 0 Å². The van der Waals surface area contributed by atoms with Crippen molar-refractivity contribution in [3.63, 3.8) is 0 Å². The van der Waals surface area contributed by atoms with Gasteiger partial charge in [-0.1, -0.05) is 26.8 Å². The summed E-state index contributed by atoms with van der Waals surface area (Å²) in [5.74, 6) is 0.103. The second kappa shape index (κ2) is 8.47. The lowest BCUT2D eigenvalue weighted by Crippen LogP contribution is -2.53. The highest BCUT2D eigenvalue weighted by Crippen LogP contribution is 2.57. The van der Waals surface area contributed by atoms with Gasteiger partial charge in [-0.3, -0.25) is 9.78 Å². The average Bonchev–Trinajstić information content (AvgIpc) is 3.17. The number of fused-ring (bicyclic) bond motifs is 2. The van der Waals surface area contributed by atoms with Crippen LogP contribution in [0.25, 0.3) is 10.6 Å². The topological polar surface area (TPSA) is 66.3 Å². The van der Waals surface area contributed by atoms with Crippen LogP contribution in [0.4, 0.5) is 0 Å². The van der Waals surface area contributed by atoms with Gasteiger partial charge in [0.05, 0.1) is 11.8 Å². The summed E-state index contributed by atoms with van der Waals surface area (Å²) in [5, 5.41) is 12.6. The number of aromatic nitrogens is 2. The van der Waals surface area contributed by atoms with Crippen molar-refractivity contribution < 1.29 is 9.90 Å². The lowest BCUT2D eigenvalue weighted by atomic mass is 9.53. The van der Waals surface area contributed by atoms with Crippen molar-refractivity contribution in [2.45, 2.75) is 52.1 Å². The fourth-order valence-corrected chi connectivity index (χ4v) is 7.33. The minimum absolute atomic E-state index is 0.0247. The number of likely N-dealkylation sites (N-methyl/N-ethyl adjacent to an activating group) is 1. The van der Waals surface area contributed by atoms with E-state index in [1.807, 2.05) is 26.2 Å². The molecule has 2 aromatic heterocycles. The molecule has 0 bridgehead atoms. The normalized spacial score (nSPS) is 30.7. The molecule has 0 radical (unpaired) electrons. The third-order valence-electron chi connectivity index (χ3n) is 7.64. The zero-order valence-electron chi connectivity index (χ0n) is 18.9. The van der Waals surface area contributed by atoms with Gasteiger partial charge in [-0.25, -0.2) is 4.98 Å². The van der Waals surface area contributed by atoms with E-state index in [2.05, 4.69) is 31.5 Å². The predicted molar refractivity (Wildman–Crippen MR) is 125 cm³/mol. The summed E-state index contributed by atoms with van der Waals surface area (Å²) < 4.78 is 0. The SMILES string of the molecule is C=CCN(C)C(=O)[C@@H](C)[C@@H]1CC[C@]2(C)Cc3sc(-c4cccnc4)nc3[C@H](C)[C@@H]2[C@H]1O. The molecule has 0 saturated heterocycles. The molecular weight excluding hydrogens is 406 g/mol. The van der Waals surface area contributed by atoms with Crippen molar-refractivity contribution in [2.75, 3.05) is 13.6 Å². The van der Waals surface area contributed by atoms with Crippen LogP contribution in [0.5, 0.6) is 0 Å². The van der Waals surface area contributed by atoms with Crippen LogP contribution in [0.15, 0.2) is 37.2 Å². The number of aliphatic hydroxyl groups is 1. The first-order valence-electron chi connectivity index (χ1n) is 11.2. The number of pyridine rings is 1. The number of rotatable bonds is 5. The van der Waals surface area contributed by atoms with Crippen molar-refractivity contribution in [3.05, 3.63) is 47.8 Å². The van der Waals surface area contributed by atoms with Gasteiger partial charge in [0.2, 0.25) is 5.91 Å². The molecule has 1 saturated carbocycles. The fraction of sp³-hybridized carbons (Fsp3) is 0.560. The van der Waals surface area contributed by atoms with Crippen LogP contribution in [0.2, 0.25) is 0 Å². The highest BCUT2D eigenvalue weighted by molar-refractivity contribution is 7.15. The van der Waals surface area contributed by atoms with Gasteiger partial charge in [0.1, 0.15) is 5.01 Å². The number of carbonyl (C=O) groups is 1. The Labute approximate surface area is 189 Å². The Morgan fingerprint density at radius 3 is 2.97 bits per heavy atom. The first-order chi connectivity index (χ1) is 14.8. The molecular formula is C25H33N3O2S. The maximum Gasteiger partial charge on any atom is 0.225 e. The van der Waals surface area contributed by atoms with E-state index < -0.39 is 6.10 Å². The van der Waals surface area contributed by atoms with Crippen LogP contribution in [0.3, 0.4) is 0 Å². The molecule has 0 aliphatic heterocycles. The lowest BCUT2D eigenvalue weighted by molar-refractivity contribution is -0.143. The summed E-state index contributed by atoms with van der Waals surface area (Å²) in [6, 6.07) is 3.99. The minimum atomic E-state index is -0.512. The second-order valence-corrected chi connectivity index (χ2v) is 10.8. The monoisotopic (exact) mass is 439 g/mol. The van der Waals surface area contributed by atoms with Crippen molar-refractivity contribution in [3.8, 4) is 10.6 Å². The first-order valence-corrected chi connectivity index (χ1v) is 12.0. The molecule has 0 aromatic carbocycles. The molecule has 31 heavy (non-hydrogen) atoms. The van der Waals surface area contributed by atoms with Gasteiger partial charge in [-0.15, -0.1) is 17.9 Å². The predicted octanol–water partition coefficient (Wildman–Crippen LogP) is 4.54. The highest BCUT2D eigenvalue weighted by atomic mass is 32.1. The Morgan fingerprint density at radius 2 is 2.29 bits per heavy atom. The molecule has 1 N–H and O–H groups in total. The fourth-order valence-electron chi connectivity index (χ4n) is 5.97. The summed E-state index contributed by atoms with van der Waals surface area (Å²) in [4.78, 5) is 25.2. The van der Waals surface area contributed by atoms with E-state index in [-0.39, 0.29) is 35.0 Å². The van der Waals surface area contributed by atoms with E-state index in [1.54, 1.807) is 28.5 Å². The van der Waals surface area contributed by atoms with Crippen molar-refractivity contribution >= 4 is 17.2 Å². The minimum Gasteiger partial charge on any atom is -0.392 e. The third-order valence-corrected chi connectivity index (χ3v) is 8.76. The number of hydrogen-bond donors (Lipinski definition) is 1. The van der Waals surface area contributed by atoms with Gasteiger partial charge >= 0.3 is 0 Å². The van der Waals surface area contributed by atoms with Crippen molar-refractivity contribution in [2.24, 2.45) is 23.2 Å². The van der Waals surface area contributed by atoms with E-state index in [1.165, 1.54) is 4.88 Å². The highest BCUT2D eigenvalue weighted by Gasteiger charge is 2.54. The molecule has 2 heterocycles. The van der Waals surface area contributed by atoms with E-state index >= 15 is 0 Å². The smallest absolute Gasteiger partial charge is 0.225 e. The number of aliphatic hydroxyl groups excluding tert-OH is 1. The third kappa shape index (κ3) is 3.85. The van der Waals surface area contributed by atoms with Crippen LogP contribution in [0, 0.1) is 23.2 Å². The average molecular weight is 440 g/mol. The van der Waals surface area contributed by atoms with Gasteiger partial charge in [0, 0.05) is 48.3 Å². The van der Waals surface area contributed by atoms with Gasteiger partial charge < -0.3 is 10.0 Å². The van der Waals surface area contributed by atoms with Gasteiger partial charge in [-0.05, 0) is 48.6 Å². The largest absolute Gasteiger partial charge is 0.392 e. The maximum atomic E-state index is 12.9. The molecule has 2 aliphatic rings. The Morgan fingerprint density at radius 1 is 1.52 bits per heavy atom. The summed E-state index contributed by atoms with van der Waals surface area (Å²) in [7, 11) is 1.81. The van der Waals surface area contributed by atoms with Crippen molar-refractivity contribution in [1.29, 1.82) is 0 Å². The van der Waals surface area contributed by atoms with E-state index in [0.29, 0.717) is 6.54 Å². The molecule has 4 rings (SSSR count). The van der Waals surface area contributed by atoms with Gasteiger partial charge in [-0.2, -0.15) is 0 Å². The molecule has 166 valence electrons. The summed E-state index contributed by atoms with van der Waals surface area (Å²) in [6.45, 7) is 10.8. The van der Waals surface area contributed by atoms with Crippen LogP contribution >= 0.6 is 11.3 Å². The molecule has 5 nitrogen and oxygen atoms in total. The lowest BCUT2D eigenvalue weighted by Gasteiger charge is -2.53. The number of amides is 1.